The van der Waals surface area contributed by atoms with E-state index >= 15 is 0 Å². The summed E-state index contributed by atoms with van der Waals surface area (Å²) in [6.45, 7) is 5.54. The van der Waals surface area contributed by atoms with Crippen molar-refractivity contribution in [3.05, 3.63) is 23.8 Å². The second kappa shape index (κ2) is 6.71. The maximum absolute atomic E-state index is 12.0. The lowest BCUT2D eigenvalue weighted by atomic mass is 10.2. The summed E-state index contributed by atoms with van der Waals surface area (Å²) < 4.78 is 26.4. The monoisotopic (exact) mass is 299 g/mol. The molecule has 1 aromatic rings. The Labute approximate surface area is 119 Å². The zero-order chi connectivity index (χ0) is 15.3. The average molecular weight is 299 g/mol. The van der Waals surface area contributed by atoms with E-state index in [9.17, 15) is 13.2 Å². The predicted octanol–water partition coefficient (Wildman–Crippen LogP) is 0.770. The third-order valence-corrected chi connectivity index (χ3v) is 4.11. The normalized spacial score (nSPS) is 11.6. The molecule has 1 amide bonds. The van der Waals surface area contributed by atoms with Gasteiger partial charge in [-0.05, 0) is 38.5 Å². The lowest BCUT2D eigenvalue weighted by molar-refractivity contribution is -0.121. The van der Waals surface area contributed by atoms with E-state index in [4.69, 9.17) is 5.73 Å². The highest BCUT2D eigenvalue weighted by molar-refractivity contribution is 7.89. The van der Waals surface area contributed by atoms with E-state index < -0.39 is 10.0 Å². The molecule has 0 aliphatic carbocycles. The lowest BCUT2D eigenvalue weighted by Gasteiger charge is -2.10. The van der Waals surface area contributed by atoms with Crippen molar-refractivity contribution in [1.82, 2.24) is 10.0 Å². The van der Waals surface area contributed by atoms with Crippen LogP contribution in [0.25, 0.3) is 0 Å². The molecule has 0 aliphatic heterocycles. The van der Waals surface area contributed by atoms with Gasteiger partial charge in [-0.1, -0.05) is 6.07 Å². The Hall–Kier alpha value is -1.60. The standard InChI is InChI=1S/C13H21N3O3S/c1-9(2)16-13(17)6-7-15-20(18,19)11-5-4-10(3)12(14)8-11/h4-5,8-9,15H,6-7,14H2,1-3H3,(H,16,17). The molecule has 0 heterocycles. The lowest BCUT2D eigenvalue weighted by Crippen LogP contribution is -2.34. The average Bonchev–Trinajstić information content (AvgIpc) is 2.31. The van der Waals surface area contributed by atoms with Crippen LogP contribution in [-0.4, -0.2) is 26.9 Å². The minimum absolute atomic E-state index is 0.0380. The number of benzene rings is 1. The molecular weight excluding hydrogens is 278 g/mol. The fourth-order valence-electron chi connectivity index (χ4n) is 1.56. The predicted molar refractivity (Wildman–Crippen MR) is 78.7 cm³/mol. The summed E-state index contributed by atoms with van der Waals surface area (Å²) in [5.41, 5.74) is 6.93. The zero-order valence-corrected chi connectivity index (χ0v) is 12.8. The molecule has 0 radical (unpaired) electrons. The molecule has 0 unspecified atom stereocenters. The minimum atomic E-state index is -3.63. The van der Waals surface area contributed by atoms with E-state index in [-0.39, 0.29) is 29.8 Å². The highest BCUT2D eigenvalue weighted by Gasteiger charge is 2.15. The number of carbonyl (C=O) groups excluding carboxylic acids is 1. The SMILES string of the molecule is Cc1ccc(S(=O)(=O)NCCC(=O)NC(C)C)cc1N. The Bertz CT molecular complexity index is 583. The van der Waals surface area contributed by atoms with E-state index in [1.807, 2.05) is 13.8 Å². The summed E-state index contributed by atoms with van der Waals surface area (Å²) in [5, 5.41) is 2.69. The van der Waals surface area contributed by atoms with Gasteiger partial charge < -0.3 is 11.1 Å². The molecule has 0 bridgehead atoms. The maximum Gasteiger partial charge on any atom is 0.240 e. The second-order valence-corrected chi connectivity index (χ2v) is 6.66. The van der Waals surface area contributed by atoms with Crippen LogP contribution < -0.4 is 15.8 Å². The van der Waals surface area contributed by atoms with E-state index in [0.29, 0.717) is 5.69 Å². The van der Waals surface area contributed by atoms with Crippen molar-refractivity contribution in [3.63, 3.8) is 0 Å². The Morgan fingerprint density at radius 1 is 1.35 bits per heavy atom. The summed E-state index contributed by atoms with van der Waals surface area (Å²) in [5.74, 6) is -0.189. The molecule has 1 rings (SSSR count). The smallest absolute Gasteiger partial charge is 0.240 e. The van der Waals surface area contributed by atoms with E-state index in [1.165, 1.54) is 12.1 Å². The molecule has 0 aliphatic rings. The summed E-state index contributed by atoms with van der Waals surface area (Å²) in [6, 6.07) is 4.58. The van der Waals surface area contributed by atoms with Crippen LogP contribution in [0.15, 0.2) is 23.1 Å². The van der Waals surface area contributed by atoms with Crippen LogP contribution in [0.5, 0.6) is 0 Å². The minimum Gasteiger partial charge on any atom is -0.398 e. The van der Waals surface area contributed by atoms with Crippen molar-refractivity contribution in [2.24, 2.45) is 0 Å². The molecule has 0 atom stereocenters. The molecule has 6 nitrogen and oxygen atoms in total. The number of nitrogens with one attached hydrogen (secondary N) is 2. The van der Waals surface area contributed by atoms with Gasteiger partial charge in [0.05, 0.1) is 4.90 Å². The molecule has 0 aromatic heterocycles. The van der Waals surface area contributed by atoms with E-state index in [2.05, 4.69) is 10.0 Å². The zero-order valence-electron chi connectivity index (χ0n) is 11.9. The van der Waals surface area contributed by atoms with Crippen LogP contribution in [0.4, 0.5) is 5.69 Å². The quantitative estimate of drug-likeness (QED) is 0.675. The molecule has 0 spiro atoms. The molecular formula is C13H21N3O3S. The molecule has 20 heavy (non-hydrogen) atoms. The molecule has 0 saturated heterocycles. The highest BCUT2D eigenvalue weighted by Crippen LogP contribution is 2.16. The molecule has 4 N–H and O–H groups in total. The topological polar surface area (TPSA) is 101 Å². The number of anilines is 1. The first-order valence-corrected chi connectivity index (χ1v) is 7.86. The van der Waals surface area contributed by atoms with Gasteiger partial charge in [-0.25, -0.2) is 13.1 Å². The van der Waals surface area contributed by atoms with Gasteiger partial charge in [-0.3, -0.25) is 4.79 Å². The largest absolute Gasteiger partial charge is 0.398 e. The van der Waals surface area contributed by atoms with E-state index in [0.717, 1.165) is 5.56 Å². The van der Waals surface area contributed by atoms with Crippen LogP contribution >= 0.6 is 0 Å². The Kier molecular flexibility index (Phi) is 5.52. The van der Waals surface area contributed by atoms with Gasteiger partial charge in [0.15, 0.2) is 0 Å². The first-order chi connectivity index (χ1) is 9.22. The van der Waals surface area contributed by atoms with Crippen LogP contribution in [0.2, 0.25) is 0 Å². The van der Waals surface area contributed by atoms with Gasteiger partial charge in [0.2, 0.25) is 15.9 Å². The van der Waals surface area contributed by atoms with Crippen molar-refractivity contribution >= 4 is 21.6 Å². The molecule has 7 heteroatoms. The van der Waals surface area contributed by atoms with Crippen LogP contribution in [0.1, 0.15) is 25.8 Å². The Balaban J connectivity index is 2.62. The molecule has 0 fully saturated rings. The van der Waals surface area contributed by atoms with Gasteiger partial charge in [0, 0.05) is 24.7 Å². The summed E-state index contributed by atoms with van der Waals surface area (Å²) in [6.07, 6.45) is 0.0960. The summed E-state index contributed by atoms with van der Waals surface area (Å²) in [7, 11) is -3.63. The maximum atomic E-state index is 12.0. The first-order valence-electron chi connectivity index (χ1n) is 6.37. The molecule has 0 saturated carbocycles. The number of rotatable bonds is 6. The highest BCUT2D eigenvalue weighted by atomic mass is 32.2. The fraction of sp³-hybridized carbons (Fsp3) is 0.462. The van der Waals surface area contributed by atoms with Crippen molar-refractivity contribution in [2.75, 3.05) is 12.3 Å². The third kappa shape index (κ3) is 4.82. The summed E-state index contributed by atoms with van der Waals surface area (Å²) >= 11 is 0. The van der Waals surface area contributed by atoms with Crippen molar-refractivity contribution < 1.29 is 13.2 Å². The second-order valence-electron chi connectivity index (χ2n) is 4.89. The van der Waals surface area contributed by atoms with E-state index in [1.54, 1.807) is 13.0 Å². The van der Waals surface area contributed by atoms with Gasteiger partial charge in [-0.15, -0.1) is 0 Å². The molecule has 112 valence electrons. The number of amides is 1. The number of sulfonamides is 1. The first kappa shape index (κ1) is 16.5. The van der Waals surface area contributed by atoms with Gasteiger partial charge in [0.1, 0.15) is 0 Å². The number of carbonyl (C=O) groups is 1. The van der Waals surface area contributed by atoms with Gasteiger partial charge in [-0.2, -0.15) is 0 Å². The van der Waals surface area contributed by atoms with Crippen molar-refractivity contribution in [3.8, 4) is 0 Å². The van der Waals surface area contributed by atoms with Crippen LogP contribution in [0.3, 0.4) is 0 Å². The number of hydrogen-bond acceptors (Lipinski definition) is 4. The number of hydrogen-bond donors (Lipinski definition) is 3. The van der Waals surface area contributed by atoms with Crippen molar-refractivity contribution in [1.29, 1.82) is 0 Å². The molecule has 1 aromatic carbocycles. The summed E-state index contributed by atoms with van der Waals surface area (Å²) in [4.78, 5) is 11.5. The number of nitrogen functional groups attached to an aromatic ring is 1. The van der Waals surface area contributed by atoms with Crippen LogP contribution in [0, 0.1) is 6.92 Å². The van der Waals surface area contributed by atoms with Crippen LogP contribution in [-0.2, 0) is 14.8 Å². The Morgan fingerprint density at radius 2 is 2.00 bits per heavy atom. The number of nitrogens with two attached hydrogens (primary N) is 1. The van der Waals surface area contributed by atoms with Crippen molar-refractivity contribution in [2.45, 2.75) is 38.1 Å². The number of aryl methyl sites for hydroxylation is 1. The van der Waals surface area contributed by atoms with Gasteiger partial charge >= 0.3 is 0 Å². The van der Waals surface area contributed by atoms with Gasteiger partial charge in [0.25, 0.3) is 0 Å². The Morgan fingerprint density at radius 3 is 2.55 bits per heavy atom. The third-order valence-electron chi connectivity index (χ3n) is 2.65. The fourth-order valence-corrected chi connectivity index (χ4v) is 2.63.